The molecule has 2 rings (SSSR count). The van der Waals surface area contributed by atoms with Gasteiger partial charge in [0.05, 0.1) is 12.2 Å². The fourth-order valence-electron chi connectivity index (χ4n) is 2.96. The molecule has 3 nitrogen and oxygen atoms in total. The summed E-state index contributed by atoms with van der Waals surface area (Å²) in [5.74, 6) is 0.626. The van der Waals surface area contributed by atoms with Crippen molar-refractivity contribution in [3.8, 4) is 0 Å². The number of nitrogens with two attached hydrogens (primary N) is 1. The molecule has 0 radical (unpaired) electrons. The van der Waals surface area contributed by atoms with E-state index >= 15 is 0 Å². The summed E-state index contributed by atoms with van der Waals surface area (Å²) in [6.07, 6.45) is 4.69. The van der Waals surface area contributed by atoms with E-state index in [-0.39, 0.29) is 5.54 Å². The quantitative estimate of drug-likeness (QED) is 0.730. The second-order valence-electron chi connectivity index (χ2n) is 5.17. The van der Waals surface area contributed by atoms with Crippen LogP contribution in [0.4, 0.5) is 0 Å². The molecule has 3 heteroatoms. The van der Waals surface area contributed by atoms with Crippen molar-refractivity contribution in [3.05, 3.63) is 0 Å². The zero-order chi connectivity index (χ0) is 10.3. The Morgan fingerprint density at radius 3 is 2.50 bits per heavy atom. The molecule has 0 aromatic carbocycles. The van der Waals surface area contributed by atoms with Gasteiger partial charge >= 0.3 is 0 Å². The molecule has 2 bridgehead atoms. The van der Waals surface area contributed by atoms with Crippen LogP contribution < -0.4 is 5.73 Å². The molecule has 0 spiro atoms. The number of hydrogen-bond acceptors (Lipinski definition) is 3. The fraction of sp³-hybridized carbons (Fsp3) is 1.00. The number of hydrogen-bond donors (Lipinski definition) is 1. The molecule has 0 aromatic heterocycles. The number of rotatable bonds is 3. The Morgan fingerprint density at radius 1 is 1.43 bits per heavy atom. The maximum atomic E-state index is 5.92. The zero-order valence-electron chi connectivity index (χ0n) is 9.49. The van der Waals surface area contributed by atoms with Crippen molar-refractivity contribution in [1.82, 2.24) is 4.90 Å². The van der Waals surface area contributed by atoms with Crippen molar-refractivity contribution < 1.29 is 4.74 Å². The van der Waals surface area contributed by atoms with E-state index in [1.54, 1.807) is 0 Å². The molecule has 0 aliphatic carbocycles. The second-order valence-corrected chi connectivity index (χ2v) is 5.17. The van der Waals surface area contributed by atoms with Gasteiger partial charge in [-0.3, -0.25) is 0 Å². The summed E-state index contributed by atoms with van der Waals surface area (Å²) < 4.78 is 5.90. The van der Waals surface area contributed by atoms with Gasteiger partial charge in [-0.1, -0.05) is 0 Å². The average molecular weight is 198 g/mol. The van der Waals surface area contributed by atoms with E-state index in [1.807, 2.05) is 0 Å². The van der Waals surface area contributed by atoms with Gasteiger partial charge in [0, 0.05) is 18.0 Å². The Kier molecular flexibility index (Phi) is 2.58. The number of ether oxygens (including phenoxy) is 1. The molecule has 2 aliphatic heterocycles. The van der Waals surface area contributed by atoms with Gasteiger partial charge < -0.3 is 15.4 Å². The average Bonchev–Trinajstić information content (AvgIpc) is 2.77. The summed E-state index contributed by atoms with van der Waals surface area (Å²) in [6, 6.07) is 0. The Balaban J connectivity index is 2.13. The molecular formula is C11H22N2O. The molecule has 0 amide bonds. The molecule has 0 saturated carbocycles. The third-order valence-corrected chi connectivity index (χ3v) is 4.34. The lowest BCUT2D eigenvalue weighted by molar-refractivity contribution is 0.0373. The summed E-state index contributed by atoms with van der Waals surface area (Å²) in [5, 5.41) is 0. The van der Waals surface area contributed by atoms with Gasteiger partial charge in [0.15, 0.2) is 0 Å². The first-order valence-corrected chi connectivity index (χ1v) is 5.61. The topological polar surface area (TPSA) is 38.5 Å². The normalized spacial score (nSPS) is 40.5. The van der Waals surface area contributed by atoms with Gasteiger partial charge in [-0.05, 0) is 40.3 Å². The minimum absolute atomic E-state index is 0.111. The van der Waals surface area contributed by atoms with Crippen molar-refractivity contribution in [2.45, 2.75) is 43.9 Å². The summed E-state index contributed by atoms with van der Waals surface area (Å²) in [4.78, 5) is 2.27. The van der Waals surface area contributed by atoms with Crippen molar-refractivity contribution >= 4 is 0 Å². The predicted molar refractivity (Wildman–Crippen MR) is 57.1 cm³/mol. The number of likely N-dealkylation sites (N-methyl/N-ethyl adjacent to an activating group) is 1. The third kappa shape index (κ3) is 1.38. The fourth-order valence-corrected chi connectivity index (χ4v) is 2.96. The van der Waals surface area contributed by atoms with E-state index in [0.717, 1.165) is 6.54 Å². The lowest BCUT2D eigenvalue weighted by atomic mass is 9.75. The van der Waals surface area contributed by atoms with E-state index in [0.29, 0.717) is 18.1 Å². The van der Waals surface area contributed by atoms with Crippen LogP contribution in [0.1, 0.15) is 26.2 Å². The zero-order valence-corrected chi connectivity index (χ0v) is 9.49. The lowest BCUT2D eigenvalue weighted by Gasteiger charge is -2.43. The first kappa shape index (κ1) is 10.4. The van der Waals surface area contributed by atoms with E-state index < -0.39 is 0 Å². The van der Waals surface area contributed by atoms with Crippen molar-refractivity contribution in [1.29, 1.82) is 0 Å². The summed E-state index contributed by atoms with van der Waals surface area (Å²) in [7, 11) is 4.25. The van der Waals surface area contributed by atoms with E-state index in [4.69, 9.17) is 10.5 Å². The van der Waals surface area contributed by atoms with Gasteiger partial charge in [-0.15, -0.1) is 0 Å². The first-order valence-electron chi connectivity index (χ1n) is 5.61. The molecule has 2 aliphatic rings. The monoisotopic (exact) mass is 198 g/mol. The highest BCUT2D eigenvalue weighted by Gasteiger charge is 2.49. The largest absolute Gasteiger partial charge is 0.375 e. The van der Waals surface area contributed by atoms with Crippen LogP contribution in [-0.2, 0) is 4.74 Å². The molecule has 4 atom stereocenters. The summed E-state index contributed by atoms with van der Waals surface area (Å²) >= 11 is 0. The Labute approximate surface area is 86.6 Å². The van der Waals surface area contributed by atoms with E-state index in [9.17, 15) is 0 Å². The molecule has 2 fully saturated rings. The van der Waals surface area contributed by atoms with Crippen LogP contribution in [-0.4, -0.2) is 43.3 Å². The molecule has 2 saturated heterocycles. The smallest absolute Gasteiger partial charge is 0.0627 e. The van der Waals surface area contributed by atoms with E-state index in [1.165, 1.54) is 19.3 Å². The highest BCUT2D eigenvalue weighted by Crippen LogP contribution is 2.44. The minimum Gasteiger partial charge on any atom is -0.375 e. The lowest BCUT2D eigenvalue weighted by Crippen LogP contribution is -2.55. The van der Waals surface area contributed by atoms with Crippen LogP contribution in [0.5, 0.6) is 0 Å². The van der Waals surface area contributed by atoms with Crippen LogP contribution in [0, 0.1) is 5.92 Å². The standard InChI is InChI=1S/C11H22N2O/c1-11(7-12,13(2)3)9-6-8-4-5-10(9)14-8/h8-10H,4-7,12H2,1-3H3. The molecule has 4 unspecified atom stereocenters. The highest BCUT2D eigenvalue weighted by atomic mass is 16.5. The van der Waals surface area contributed by atoms with Crippen LogP contribution in [0.25, 0.3) is 0 Å². The van der Waals surface area contributed by atoms with Gasteiger partial charge in [-0.25, -0.2) is 0 Å². The summed E-state index contributed by atoms with van der Waals surface area (Å²) in [6.45, 7) is 2.99. The van der Waals surface area contributed by atoms with Crippen molar-refractivity contribution in [2.24, 2.45) is 11.7 Å². The Bertz CT molecular complexity index is 219. The number of nitrogens with zero attached hydrogens (tertiary/aromatic N) is 1. The molecule has 82 valence electrons. The van der Waals surface area contributed by atoms with Crippen LogP contribution in [0.15, 0.2) is 0 Å². The molecule has 0 aromatic rings. The van der Waals surface area contributed by atoms with Crippen molar-refractivity contribution in [3.63, 3.8) is 0 Å². The maximum Gasteiger partial charge on any atom is 0.0627 e. The molecular weight excluding hydrogens is 176 g/mol. The second kappa shape index (κ2) is 3.47. The van der Waals surface area contributed by atoms with Crippen LogP contribution in [0.3, 0.4) is 0 Å². The van der Waals surface area contributed by atoms with Crippen LogP contribution >= 0.6 is 0 Å². The Hall–Kier alpha value is -0.120. The van der Waals surface area contributed by atoms with E-state index in [2.05, 4.69) is 25.9 Å². The van der Waals surface area contributed by atoms with Gasteiger partial charge in [0.25, 0.3) is 0 Å². The maximum absolute atomic E-state index is 5.92. The van der Waals surface area contributed by atoms with Crippen LogP contribution in [0.2, 0.25) is 0 Å². The van der Waals surface area contributed by atoms with Crippen molar-refractivity contribution in [2.75, 3.05) is 20.6 Å². The predicted octanol–water partition coefficient (Wildman–Crippen LogP) is 0.833. The first-order chi connectivity index (χ1) is 6.58. The molecule has 2 heterocycles. The highest BCUT2D eigenvalue weighted by molar-refractivity contribution is 5.02. The molecule has 2 N–H and O–H groups in total. The number of fused-ring (bicyclic) bond motifs is 2. The third-order valence-electron chi connectivity index (χ3n) is 4.34. The SMILES string of the molecule is CN(C)C(C)(CN)C1CC2CCC1O2. The minimum atomic E-state index is 0.111. The van der Waals surface area contributed by atoms with Gasteiger partial charge in [-0.2, -0.15) is 0 Å². The van der Waals surface area contributed by atoms with Gasteiger partial charge in [0.2, 0.25) is 0 Å². The molecule has 14 heavy (non-hydrogen) atoms. The van der Waals surface area contributed by atoms with Gasteiger partial charge in [0.1, 0.15) is 0 Å². The summed E-state index contributed by atoms with van der Waals surface area (Å²) in [5.41, 5.74) is 6.03. The Morgan fingerprint density at radius 2 is 2.14 bits per heavy atom.